The van der Waals surface area contributed by atoms with Gasteiger partial charge in [-0.3, -0.25) is 13.9 Å². The van der Waals surface area contributed by atoms with Crippen LogP contribution in [0.5, 0.6) is 11.5 Å². The van der Waals surface area contributed by atoms with Crippen LogP contribution >= 0.6 is 0 Å². The number of rotatable bonds is 11. The van der Waals surface area contributed by atoms with Crippen molar-refractivity contribution < 1.29 is 27.5 Å². The Bertz CT molecular complexity index is 1420. The topological polar surface area (TPSA) is 114 Å². The van der Waals surface area contributed by atoms with E-state index in [9.17, 15) is 18.0 Å². The fourth-order valence-corrected chi connectivity index (χ4v) is 4.84. The number of hydrogen-bond acceptors (Lipinski definition) is 6. The highest BCUT2D eigenvalue weighted by molar-refractivity contribution is 7.92. The van der Waals surface area contributed by atoms with Gasteiger partial charge in [0.05, 0.1) is 37.4 Å². The minimum absolute atomic E-state index is 0.269. The van der Waals surface area contributed by atoms with Gasteiger partial charge in [0.25, 0.3) is 5.91 Å². The number of benzene rings is 3. The van der Waals surface area contributed by atoms with Crippen LogP contribution in [0.25, 0.3) is 0 Å². The Labute approximate surface area is 223 Å². The first-order chi connectivity index (χ1) is 18.0. The van der Waals surface area contributed by atoms with E-state index in [1.807, 2.05) is 31.2 Å². The van der Waals surface area contributed by atoms with Crippen molar-refractivity contribution in [1.29, 1.82) is 0 Å². The van der Waals surface area contributed by atoms with Crippen LogP contribution in [-0.4, -0.2) is 53.8 Å². The van der Waals surface area contributed by atoms with E-state index in [2.05, 4.69) is 10.6 Å². The molecule has 0 saturated heterocycles. The molecule has 38 heavy (non-hydrogen) atoms. The molecule has 0 atom stereocenters. The highest BCUT2D eigenvalue weighted by Gasteiger charge is 2.23. The van der Waals surface area contributed by atoms with Gasteiger partial charge in [-0.05, 0) is 67.3 Å². The summed E-state index contributed by atoms with van der Waals surface area (Å²) in [5.74, 6) is 0.295. The lowest BCUT2D eigenvalue weighted by atomic mass is 10.1. The Balaban J connectivity index is 1.69. The lowest BCUT2D eigenvalue weighted by Gasteiger charge is -2.24. The van der Waals surface area contributed by atoms with Crippen molar-refractivity contribution in [3.63, 3.8) is 0 Å². The van der Waals surface area contributed by atoms with E-state index in [1.165, 1.54) is 0 Å². The molecule has 2 amide bonds. The standard InChI is InChI=1S/C28H33N3O6S/c1-19-10-11-20(2)24(16-19)31(38(5,34)35)18-27(32)30-23-9-7-6-8-22(23)28(33)29-15-14-21-12-13-25(36-3)26(17-21)37-4/h6-13,16-17H,14-15,18H2,1-5H3,(H,29,33)(H,30,32). The van der Waals surface area contributed by atoms with Crippen molar-refractivity contribution in [3.8, 4) is 11.5 Å². The van der Waals surface area contributed by atoms with Crippen LogP contribution < -0.4 is 24.4 Å². The lowest BCUT2D eigenvalue weighted by molar-refractivity contribution is -0.114. The van der Waals surface area contributed by atoms with E-state index in [4.69, 9.17) is 9.47 Å². The first-order valence-corrected chi connectivity index (χ1v) is 13.8. The van der Waals surface area contributed by atoms with Crippen molar-refractivity contribution in [1.82, 2.24) is 5.32 Å². The molecule has 10 heteroatoms. The number of carbonyl (C=O) groups excluding carboxylic acids is 2. The lowest BCUT2D eigenvalue weighted by Crippen LogP contribution is -2.38. The molecule has 202 valence electrons. The maximum Gasteiger partial charge on any atom is 0.253 e. The summed E-state index contributed by atoms with van der Waals surface area (Å²) in [5.41, 5.74) is 3.54. The van der Waals surface area contributed by atoms with Crippen molar-refractivity contribution in [2.45, 2.75) is 20.3 Å². The van der Waals surface area contributed by atoms with Crippen molar-refractivity contribution >= 4 is 33.2 Å². The molecule has 9 nitrogen and oxygen atoms in total. The highest BCUT2D eigenvalue weighted by Crippen LogP contribution is 2.28. The van der Waals surface area contributed by atoms with Crippen LogP contribution in [0, 0.1) is 13.8 Å². The van der Waals surface area contributed by atoms with Gasteiger partial charge in [-0.2, -0.15) is 0 Å². The molecule has 0 aliphatic heterocycles. The average molecular weight is 540 g/mol. The highest BCUT2D eigenvalue weighted by atomic mass is 32.2. The van der Waals surface area contributed by atoms with Crippen LogP contribution in [0.1, 0.15) is 27.0 Å². The number of anilines is 2. The van der Waals surface area contributed by atoms with Crippen LogP contribution in [0.3, 0.4) is 0 Å². The second kappa shape index (κ2) is 12.5. The molecule has 0 aliphatic carbocycles. The molecule has 0 unspecified atom stereocenters. The average Bonchev–Trinajstić information content (AvgIpc) is 2.88. The summed E-state index contributed by atoms with van der Waals surface area (Å²) in [6.07, 6.45) is 1.61. The monoisotopic (exact) mass is 539 g/mol. The second-order valence-electron chi connectivity index (χ2n) is 8.85. The molecular formula is C28H33N3O6S. The Morgan fingerprint density at radius 3 is 2.32 bits per heavy atom. The molecule has 0 saturated carbocycles. The van der Waals surface area contributed by atoms with Crippen LogP contribution in [0.4, 0.5) is 11.4 Å². The van der Waals surface area contributed by atoms with Gasteiger partial charge >= 0.3 is 0 Å². The number of ether oxygens (including phenoxy) is 2. The number of hydrogen-bond donors (Lipinski definition) is 2. The number of methoxy groups -OCH3 is 2. The van der Waals surface area contributed by atoms with Gasteiger partial charge in [-0.15, -0.1) is 0 Å². The Kier molecular flexibility index (Phi) is 9.35. The zero-order valence-electron chi connectivity index (χ0n) is 22.2. The fourth-order valence-electron chi connectivity index (χ4n) is 3.93. The quantitative estimate of drug-likeness (QED) is 0.384. The van der Waals surface area contributed by atoms with Crippen LogP contribution in [0.15, 0.2) is 60.7 Å². The Morgan fingerprint density at radius 2 is 1.63 bits per heavy atom. The van der Waals surface area contributed by atoms with E-state index in [0.717, 1.165) is 27.3 Å². The fraction of sp³-hybridized carbons (Fsp3) is 0.286. The summed E-state index contributed by atoms with van der Waals surface area (Å²) in [4.78, 5) is 25.9. The molecule has 0 radical (unpaired) electrons. The SMILES string of the molecule is COc1ccc(CCNC(=O)c2ccccc2NC(=O)CN(c2cc(C)ccc2C)S(C)(=O)=O)cc1OC. The van der Waals surface area contributed by atoms with Gasteiger partial charge in [0.2, 0.25) is 15.9 Å². The smallest absolute Gasteiger partial charge is 0.253 e. The van der Waals surface area contributed by atoms with E-state index < -0.39 is 22.5 Å². The number of sulfonamides is 1. The number of para-hydroxylation sites is 1. The van der Waals surface area contributed by atoms with E-state index in [-0.39, 0.29) is 17.2 Å². The van der Waals surface area contributed by atoms with Gasteiger partial charge in [-0.25, -0.2) is 8.42 Å². The van der Waals surface area contributed by atoms with Crippen molar-refractivity contribution in [2.75, 3.05) is 43.2 Å². The molecule has 0 fully saturated rings. The van der Waals surface area contributed by atoms with Gasteiger partial charge in [0, 0.05) is 6.54 Å². The first kappa shape index (κ1) is 28.5. The summed E-state index contributed by atoms with van der Waals surface area (Å²) in [6.45, 7) is 3.56. The molecule has 2 N–H and O–H groups in total. The van der Waals surface area contributed by atoms with E-state index >= 15 is 0 Å². The van der Waals surface area contributed by atoms with Crippen LogP contribution in [-0.2, 0) is 21.2 Å². The van der Waals surface area contributed by atoms with Crippen LogP contribution in [0.2, 0.25) is 0 Å². The molecular weight excluding hydrogens is 506 g/mol. The third-order valence-corrected chi connectivity index (χ3v) is 7.04. The third-order valence-electron chi connectivity index (χ3n) is 5.91. The maximum absolute atomic E-state index is 13.0. The number of nitrogens with zero attached hydrogens (tertiary/aromatic N) is 1. The van der Waals surface area contributed by atoms with Gasteiger partial charge in [-0.1, -0.05) is 30.3 Å². The summed E-state index contributed by atoms with van der Waals surface area (Å²) in [6, 6.07) is 17.5. The number of aryl methyl sites for hydroxylation is 2. The summed E-state index contributed by atoms with van der Waals surface area (Å²) < 4.78 is 36.7. The minimum Gasteiger partial charge on any atom is -0.493 e. The van der Waals surface area contributed by atoms with E-state index in [0.29, 0.717) is 30.2 Å². The molecule has 0 aromatic heterocycles. The summed E-state index contributed by atoms with van der Waals surface area (Å²) in [5, 5.41) is 5.56. The number of amides is 2. The third kappa shape index (κ3) is 7.25. The predicted molar refractivity (Wildman–Crippen MR) is 149 cm³/mol. The zero-order valence-corrected chi connectivity index (χ0v) is 23.0. The van der Waals surface area contributed by atoms with Gasteiger partial charge < -0.3 is 20.1 Å². The molecule has 0 aliphatic rings. The predicted octanol–water partition coefficient (Wildman–Crippen LogP) is 3.70. The Morgan fingerprint density at radius 1 is 0.921 bits per heavy atom. The van der Waals surface area contributed by atoms with E-state index in [1.54, 1.807) is 57.5 Å². The normalized spacial score (nSPS) is 11.0. The minimum atomic E-state index is -3.74. The van der Waals surface area contributed by atoms with Crippen molar-refractivity contribution in [2.24, 2.45) is 0 Å². The molecule has 3 aromatic carbocycles. The molecule has 3 rings (SSSR count). The molecule has 0 spiro atoms. The molecule has 0 heterocycles. The second-order valence-corrected chi connectivity index (χ2v) is 10.8. The van der Waals surface area contributed by atoms with Crippen molar-refractivity contribution in [3.05, 3.63) is 82.9 Å². The first-order valence-electron chi connectivity index (χ1n) is 12.0. The largest absolute Gasteiger partial charge is 0.493 e. The Hall–Kier alpha value is -4.05. The van der Waals surface area contributed by atoms with Gasteiger partial charge in [0.1, 0.15) is 6.54 Å². The molecule has 3 aromatic rings. The summed E-state index contributed by atoms with van der Waals surface area (Å²) >= 11 is 0. The number of nitrogens with one attached hydrogen (secondary N) is 2. The summed E-state index contributed by atoms with van der Waals surface area (Å²) in [7, 11) is -0.615. The molecule has 0 bridgehead atoms. The zero-order chi connectivity index (χ0) is 27.9. The number of carbonyl (C=O) groups is 2. The maximum atomic E-state index is 13.0. The van der Waals surface area contributed by atoms with Gasteiger partial charge in [0.15, 0.2) is 11.5 Å².